The van der Waals surface area contributed by atoms with Crippen molar-refractivity contribution in [1.29, 1.82) is 0 Å². The number of amides is 3. The smallest absolute Gasteiger partial charge is 0.322 e. The molecule has 3 aromatic carbocycles. The molecule has 3 aromatic rings. The number of rotatable bonds is 5. The molecule has 0 radical (unpaired) electrons. The van der Waals surface area contributed by atoms with Gasteiger partial charge in [-0.15, -0.1) is 0 Å². The number of carbonyl (C=O) groups excluding carboxylic acids is 2. The molecule has 1 fully saturated rings. The van der Waals surface area contributed by atoms with Crippen LogP contribution >= 0.6 is 11.6 Å². The SMILES string of the molecule is O=C(Nc1ccc(N2CCCN(Cc3cccc(Cl)c3)C2=O)cc1)c1ccccc1F. The number of hydrogen-bond acceptors (Lipinski definition) is 2. The van der Waals surface area contributed by atoms with E-state index in [1.165, 1.54) is 18.2 Å². The summed E-state index contributed by atoms with van der Waals surface area (Å²) in [6.07, 6.45) is 0.845. The Balaban J connectivity index is 1.44. The quantitative estimate of drug-likeness (QED) is 0.567. The van der Waals surface area contributed by atoms with Gasteiger partial charge in [-0.1, -0.05) is 35.9 Å². The molecule has 31 heavy (non-hydrogen) atoms. The standard InChI is InChI=1S/C24H21ClFN3O2/c25-18-6-3-5-17(15-18)16-28-13-4-14-29(24(28)31)20-11-9-19(10-12-20)27-23(30)21-7-1-2-8-22(21)26/h1-3,5-12,15H,4,13-14,16H2,(H,27,30). The molecule has 1 aliphatic heterocycles. The van der Waals surface area contributed by atoms with Crippen molar-refractivity contribution >= 4 is 34.9 Å². The first kappa shape index (κ1) is 20.9. The van der Waals surface area contributed by atoms with Crippen LogP contribution in [0.15, 0.2) is 72.8 Å². The monoisotopic (exact) mass is 437 g/mol. The van der Waals surface area contributed by atoms with Crippen LogP contribution < -0.4 is 10.2 Å². The van der Waals surface area contributed by atoms with E-state index in [9.17, 15) is 14.0 Å². The predicted molar refractivity (Wildman–Crippen MR) is 120 cm³/mol. The minimum absolute atomic E-state index is 0.0190. The van der Waals surface area contributed by atoms with E-state index in [0.29, 0.717) is 30.3 Å². The predicted octanol–water partition coefficient (Wildman–Crippen LogP) is 5.56. The van der Waals surface area contributed by atoms with Gasteiger partial charge >= 0.3 is 6.03 Å². The summed E-state index contributed by atoms with van der Waals surface area (Å²) in [5.74, 6) is -1.09. The molecular formula is C24H21ClFN3O2. The van der Waals surface area contributed by atoms with Crippen LogP contribution in [0.2, 0.25) is 5.02 Å². The molecule has 4 rings (SSSR count). The van der Waals surface area contributed by atoms with E-state index >= 15 is 0 Å². The molecule has 3 amide bonds. The van der Waals surface area contributed by atoms with E-state index in [1.54, 1.807) is 40.1 Å². The zero-order valence-electron chi connectivity index (χ0n) is 16.7. The summed E-state index contributed by atoms with van der Waals surface area (Å²) in [7, 11) is 0. The highest BCUT2D eigenvalue weighted by atomic mass is 35.5. The first-order valence-electron chi connectivity index (χ1n) is 9.98. The second-order valence-electron chi connectivity index (χ2n) is 7.32. The topological polar surface area (TPSA) is 52.7 Å². The molecule has 0 unspecified atom stereocenters. The Morgan fingerprint density at radius 3 is 2.52 bits per heavy atom. The molecule has 0 atom stereocenters. The van der Waals surface area contributed by atoms with Crippen molar-refractivity contribution < 1.29 is 14.0 Å². The summed E-state index contributed by atoms with van der Waals surface area (Å²) in [6.45, 7) is 1.79. The third-order valence-corrected chi connectivity index (χ3v) is 5.36. The highest BCUT2D eigenvalue weighted by Gasteiger charge is 2.26. The molecule has 7 heteroatoms. The Morgan fingerprint density at radius 1 is 1.00 bits per heavy atom. The third-order valence-electron chi connectivity index (χ3n) is 5.13. The molecule has 0 saturated carbocycles. The minimum Gasteiger partial charge on any atom is -0.322 e. The normalized spacial score (nSPS) is 13.9. The van der Waals surface area contributed by atoms with Crippen molar-refractivity contribution in [2.75, 3.05) is 23.3 Å². The highest BCUT2D eigenvalue weighted by Crippen LogP contribution is 2.24. The van der Waals surface area contributed by atoms with E-state index in [4.69, 9.17) is 11.6 Å². The van der Waals surface area contributed by atoms with Gasteiger partial charge in [0.05, 0.1) is 5.56 Å². The Hall–Kier alpha value is -3.38. The molecule has 0 aromatic heterocycles. The number of benzene rings is 3. The minimum atomic E-state index is -0.574. The molecule has 1 heterocycles. The maximum absolute atomic E-state index is 13.8. The molecule has 0 spiro atoms. The van der Waals surface area contributed by atoms with E-state index < -0.39 is 11.7 Å². The van der Waals surface area contributed by atoms with Crippen molar-refractivity contribution in [1.82, 2.24) is 4.90 Å². The van der Waals surface area contributed by atoms with Crippen LogP contribution in [0.25, 0.3) is 0 Å². The highest BCUT2D eigenvalue weighted by molar-refractivity contribution is 6.30. The van der Waals surface area contributed by atoms with E-state index in [-0.39, 0.29) is 11.6 Å². The summed E-state index contributed by atoms with van der Waals surface area (Å²) in [5, 5.41) is 3.33. The largest absolute Gasteiger partial charge is 0.324 e. The molecule has 0 aliphatic carbocycles. The fourth-order valence-corrected chi connectivity index (χ4v) is 3.80. The fraction of sp³-hybridized carbons (Fsp3) is 0.167. The zero-order valence-corrected chi connectivity index (χ0v) is 17.5. The first-order valence-corrected chi connectivity index (χ1v) is 10.4. The maximum atomic E-state index is 13.8. The Labute approximate surface area is 185 Å². The van der Waals surface area contributed by atoms with Gasteiger partial charge in [0.2, 0.25) is 0 Å². The molecule has 5 nitrogen and oxygen atoms in total. The van der Waals surface area contributed by atoms with Crippen LogP contribution in [-0.4, -0.2) is 29.9 Å². The molecular weight excluding hydrogens is 417 g/mol. The Kier molecular flexibility index (Phi) is 6.18. The lowest BCUT2D eigenvalue weighted by atomic mass is 10.1. The van der Waals surface area contributed by atoms with Gasteiger partial charge in [-0.25, -0.2) is 9.18 Å². The van der Waals surface area contributed by atoms with Gasteiger partial charge in [0.1, 0.15) is 5.82 Å². The number of nitrogens with zero attached hydrogens (tertiary/aromatic N) is 2. The first-order chi connectivity index (χ1) is 15.0. The van der Waals surface area contributed by atoms with Gasteiger partial charge < -0.3 is 10.2 Å². The Morgan fingerprint density at radius 2 is 1.77 bits per heavy atom. The van der Waals surface area contributed by atoms with Gasteiger partial charge in [-0.2, -0.15) is 0 Å². The van der Waals surface area contributed by atoms with Crippen LogP contribution in [0.4, 0.5) is 20.6 Å². The molecule has 1 saturated heterocycles. The number of nitrogens with one attached hydrogen (secondary N) is 1. The summed E-state index contributed by atoms with van der Waals surface area (Å²) < 4.78 is 13.8. The number of halogens is 2. The van der Waals surface area contributed by atoms with Crippen molar-refractivity contribution in [3.8, 4) is 0 Å². The summed E-state index contributed by atoms with van der Waals surface area (Å²) in [5.41, 5.74) is 2.23. The second kappa shape index (κ2) is 9.18. The fourth-order valence-electron chi connectivity index (χ4n) is 3.59. The number of urea groups is 1. The number of anilines is 2. The van der Waals surface area contributed by atoms with Crippen molar-refractivity contribution in [2.24, 2.45) is 0 Å². The van der Waals surface area contributed by atoms with Crippen LogP contribution in [0.5, 0.6) is 0 Å². The van der Waals surface area contributed by atoms with Crippen LogP contribution in [-0.2, 0) is 6.54 Å². The average Bonchev–Trinajstić information content (AvgIpc) is 2.76. The van der Waals surface area contributed by atoms with Gasteiger partial charge in [0, 0.05) is 36.0 Å². The van der Waals surface area contributed by atoms with Crippen molar-refractivity contribution in [3.63, 3.8) is 0 Å². The van der Waals surface area contributed by atoms with E-state index in [0.717, 1.165) is 17.7 Å². The van der Waals surface area contributed by atoms with Crippen LogP contribution in [0, 0.1) is 5.82 Å². The maximum Gasteiger partial charge on any atom is 0.324 e. The lowest BCUT2D eigenvalue weighted by Crippen LogP contribution is -2.49. The van der Waals surface area contributed by atoms with E-state index in [1.807, 2.05) is 24.3 Å². The van der Waals surface area contributed by atoms with Gasteiger partial charge in [0.15, 0.2) is 0 Å². The molecule has 158 valence electrons. The number of hydrogen-bond donors (Lipinski definition) is 1. The zero-order chi connectivity index (χ0) is 21.8. The second-order valence-corrected chi connectivity index (χ2v) is 7.76. The van der Waals surface area contributed by atoms with Crippen LogP contribution in [0.1, 0.15) is 22.3 Å². The van der Waals surface area contributed by atoms with E-state index in [2.05, 4.69) is 5.32 Å². The lowest BCUT2D eigenvalue weighted by Gasteiger charge is -2.35. The summed E-state index contributed by atoms with van der Waals surface area (Å²) in [6, 6.07) is 20.2. The third kappa shape index (κ3) is 4.86. The van der Waals surface area contributed by atoms with Gasteiger partial charge in [-0.3, -0.25) is 9.69 Å². The van der Waals surface area contributed by atoms with Gasteiger partial charge in [0.25, 0.3) is 5.91 Å². The van der Waals surface area contributed by atoms with Gasteiger partial charge in [-0.05, 0) is 60.5 Å². The summed E-state index contributed by atoms with van der Waals surface area (Å²) >= 11 is 6.06. The van der Waals surface area contributed by atoms with Crippen molar-refractivity contribution in [3.05, 3.63) is 94.8 Å². The molecule has 1 N–H and O–H groups in total. The lowest BCUT2D eigenvalue weighted by molar-refractivity contribution is 0.102. The molecule has 1 aliphatic rings. The number of carbonyl (C=O) groups is 2. The molecule has 0 bridgehead atoms. The Bertz CT molecular complexity index is 1100. The summed E-state index contributed by atoms with van der Waals surface area (Å²) in [4.78, 5) is 28.8. The average molecular weight is 438 g/mol. The van der Waals surface area contributed by atoms with Crippen LogP contribution in [0.3, 0.4) is 0 Å². The van der Waals surface area contributed by atoms with Crippen molar-refractivity contribution in [2.45, 2.75) is 13.0 Å².